The highest BCUT2D eigenvalue weighted by atomic mass is 32.2. The molecule has 0 bridgehead atoms. The molecule has 2 N–H and O–H groups in total. The van der Waals surface area contributed by atoms with Gasteiger partial charge in [0.2, 0.25) is 11.9 Å². The molecule has 1 aliphatic rings. The van der Waals surface area contributed by atoms with Crippen molar-refractivity contribution in [3.63, 3.8) is 0 Å². The second kappa shape index (κ2) is 7.37. The van der Waals surface area contributed by atoms with E-state index in [4.69, 9.17) is 4.74 Å². The second-order valence-corrected chi connectivity index (χ2v) is 5.57. The summed E-state index contributed by atoms with van der Waals surface area (Å²) in [6.45, 7) is 2.67. The standard InChI is InChI=1S/C12H21N5OS/c1-3-6-18-12-16-10(13-2)15-11(17-12)14-9-5-4-7-19-8-9/h9H,3-8H2,1-2H3,(H2,13,14,15,16,17). The van der Waals surface area contributed by atoms with E-state index in [0.717, 1.165) is 12.2 Å². The lowest BCUT2D eigenvalue weighted by atomic mass is 10.2. The Kier molecular flexibility index (Phi) is 5.50. The average molecular weight is 283 g/mol. The van der Waals surface area contributed by atoms with E-state index in [1.807, 2.05) is 11.8 Å². The van der Waals surface area contributed by atoms with Crippen LogP contribution in [0.25, 0.3) is 0 Å². The van der Waals surface area contributed by atoms with Gasteiger partial charge in [0.25, 0.3) is 0 Å². The van der Waals surface area contributed by atoms with Crippen molar-refractivity contribution < 1.29 is 4.74 Å². The number of rotatable bonds is 6. The molecule has 0 radical (unpaired) electrons. The van der Waals surface area contributed by atoms with Crippen LogP contribution in [0.2, 0.25) is 0 Å². The Morgan fingerprint density at radius 3 is 2.84 bits per heavy atom. The smallest absolute Gasteiger partial charge is 0.323 e. The average Bonchev–Trinajstić information content (AvgIpc) is 2.46. The summed E-state index contributed by atoms with van der Waals surface area (Å²) in [5.41, 5.74) is 0. The van der Waals surface area contributed by atoms with Gasteiger partial charge >= 0.3 is 6.01 Å². The van der Waals surface area contributed by atoms with Gasteiger partial charge in [0.05, 0.1) is 6.61 Å². The van der Waals surface area contributed by atoms with Gasteiger partial charge in [-0.1, -0.05) is 6.92 Å². The van der Waals surface area contributed by atoms with Crippen molar-refractivity contribution in [3.05, 3.63) is 0 Å². The van der Waals surface area contributed by atoms with E-state index in [2.05, 4.69) is 32.5 Å². The third kappa shape index (κ3) is 4.41. The first kappa shape index (κ1) is 14.2. The summed E-state index contributed by atoms with van der Waals surface area (Å²) in [6, 6.07) is 0.817. The minimum absolute atomic E-state index is 0.382. The van der Waals surface area contributed by atoms with Gasteiger partial charge in [-0.3, -0.25) is 0 Å². The van der Waals surface area contributed by atoms with Crippen molar-refractivity contribution in [1.29, 1.82) is 0 Å². The number of anilines is 2. The Hall–Kier alpha value is -1.24. The van der Waals surface area contributed by atoms with Gasteiger partial charge in [0.15, 0.2) is 0 Å². The molecule has 1 fully saturated rings. The van der Waals surface area contributed by atoms with E-state index < -0.39 is 0 Å². The van der Waals surface area contributed by atoms with E-state index >= 15 is 0 Å². The van der Waals surface area contributed by atoms with Crippen LogP contribution in [0, 0.1) is 0 Å². The van der Waals surface area contributed by atoms with Crippen molar-refractivity contribution in [2.75, 3.05) is 35.8 Å². The maximum atomic E-state index is 5.48. The Morgan fingerprint density at radius 2 is 2.16 bits per heavy atom. The van der Waals surface area contributed by atoms with Gasteiger partial charge in [0, 0.05) is 18.8 Å². The molecule has 1 unspecified atom stereocenters. The molecule has 1 aromatic rings. The fourth-order valence-corrected chi connectivity index (χ4v) is 2.90. The first-order chi connectivity index (χ1) is 9.31. The molecule has 19 heavy (non-hydrogen) atoms. The van der Waals surface area contributed by atoms with Crippen LogP contribution in [0.15, 0.2) is 0 Å². The van der Waals surface area contributed by atoms with E-state index in [9.17, 15) is 0 Å². The molecule has 0 aliphatic carbocycles. The van der Waals surface area contributed by atoms with Gasteiger partial charge in [-0.25, -0.2) is 0 Å². The summed E-state index contributed by atoms with van der Waals surface area (Å²) in [5.74, 6) is 3.48. The van der Waals surface area contributed by atoms with Crippen LogP contribution >= 0.6 is 11.8 Å². The minimum atomic E-state index is 0.382. The highest BCUT2D eigenvalue weighted by Crippen LogP contribution is 2.20. The predicted octanol–water partition coefficient (Wildman–Crippen LogP) is 2.01. The number of ether oxygens (including phenoxy) is 1. The largest absolute Gasteiger partial charge is 0.463 e. The normalized spacial score (nSPS) is 18.9. The number of thioether (sulfide) groups is 1. The Labute approximate surface area is 118 Å². The lowest BCUT2D eigenvalue weighted by molar-refractivity contribution is 0.292. The van der Waals surface area contributed by atoms with Gasteiger partial charge in [0.1, 0.15) is 0 Å². The number of nitrogens with one attached hydrogen (secondary N) is 2. The van der Waals surface area contributed by atoms with E-state index in [-0.39, 0.29) is 0 Å². The minimum Gasteiger partial charge on any atom is -0.463 e. The maximum absolute atomic E-state index is 5.48. The summed E-state index contributed by atoms with van der Waals surface area (Å²) in [4.78, 5) is 12.8. The van der Waals surface area contributed by atoms with Gasteiger partial charge in [-0.05, 0) is 25.0 Å². The molecule has 0 spiro atoms. The summed E-state index contributed by atoms with van der Waals surface area (Å²) in [6.07, 6.45) is 3.34. The molecule has 1 atom stereocenters. The summed E-state index contributed by atoms with van der Waals surface area (Å²) in [5, 5.41) is 6.30. The van der Waals surface area contributed by atoms with Crippen LogP contribution in [0.4, 0.5) is 11.9 Å². The first-order valence-electron chi connectivity index (χ1n) is 6.72. The lowest BCUT2D eigenvalue weighted by Gasteiger charge is -2.22. The molecule has 6 nitrogen and oxygen atoms in total. The molecule has 1 aromatic heterocycles. The van der Waals surface area contributed by atoms with Crippen LogP contribution in [-0.2, 0) is 0 Å². The summed E-state index contributed by atoms with van der Waals surface area (Å²) >= 11 is 1.97. The highest BCUT2D eigenvalue weighted by molar-refractivity contribution is 7.99. The quantitative estimate of drug-likeness (QED) is 0.827. The van der Waals surface area contributed by atoms with Gasteiger partial charge in [-0.2, -0.15) is 26.7 Å². The number of aromatic nitrogens is 3. The van der Waals surface area contributed by atoms with Crippen molar-refractivity contribution in [1.82, 2.24) is 15.0 Å². The number of hydrogen-bond acceptors (Lipinski definition) is 7. The molecule has 0 aromatic carbocycles. The molecule has 2 heterocycles. The zero-order valence-electron chi connectivity index (χ0n) is 11.5. The maximum Gasteiger partial charge on any atom is 0.323 e. The van der Waals surface area contributed by atoms with Gasteiger partial charge < -0.3 is 15.4 Å². The van der Waals surface area contributed by atoms with Gasteiger partial charge in [-0.15, -0.1) is 0 Å². The summed E-state index contributed by atoms with van der Waals surface area (Å²) in [7, 11) is 1.79. The first-order valence-corrected chi connectivity index (χ1v) is 7.88. The second-order valence-electron chi connectivity index (χ2n) is 4.42. The SMILES string of the molecule is CCCOc1nc(NC)nc(NC2CCCSC2)n1. The Bertz CT molecular complexity index is 398. The zero-order chi connectivity index (χ0) is 13.5. The molecule has 1 saturated heterocycles. The van der Waals surface area contributed by atoms with Crippen molar-refractivity contribution in [2.24, 2.45) is 0 Å². The lowest BCUT2D eigenvalue weighted by Crippen LogP contribution is -2.27. The third-order valence-electron chi connectivity index (χ3n) is 2.77. The molecular formula is C12H21N5OS. The Morgan fingerprint density at radius 1 is 1.32 bits per heavy atom. The van der Waals surface area contributed by atoms with Crippen LogP contribution in [0.1, 0.15) is 26.2 Å². The van der Waals surface area contributed by atoms with E-state index in [1.165, 1.54) is 18.6 Å². The van der Waals surface area contributed by atoms with Crippen molar-refractivity contribution in [3.8, 4) is 6.01 Å². The van der Waals surface area contributed by atoms with E-state index in [0.29, 0.717) is 30.6 Å². The zero-order valence-corrected chi connectivity index (χ0v) is 12.3. The van der Waals surface area contributed by atoms with Crippen LogP contribution in [0.3, 0.4) is 0 Å². The number of hydrogen-bond donors (Lipinski definition) is 2. The molecule has 0 saturated carbocycles. The fraction of sp³-hybridized carbons (Fsp3) is 0.750. The number of nitrogens with zero attached hydrogens (tertiary/aromatic N) is 3. The van der Waals surface area contributed by atoms with Crippen LogP contribution in [0.5, 0.6) is 6.01 Å². The third-order valence-corrected chi connectivity index (χ3v) is 3.98. The topological polar surface area (TPSA) is 72.0 Å². The van der Waals surface area contributed by atoms with E-state index in [1.54, 1.807) is 7.05 Å². The predicted molar refractivity (Wildman–Crippen MR) is 79.1 cm³/mol. The molecular weight excluding hydrogens is 262 g/mol. The summed E-state index contributed by atoms with van der Waals surface area (Å²) < 4.78 is 5.48. The molecule has 2 rings (SSSR count). The molecule has 1 aliphatic heterocycles. The molecule has 7 heteroatoms. The molecule has 0 amide bonds. The van der Waals surface area contributed by atoms with Crippen molar-refractivity contribution >= 4 is 23.7 Å². The van der Waals surface area contributed by atoms with Crippen molar-refractivity contribution in [2.45, 2.75) is 32.2 Å². The van der Waals surface area contributed by atoms with Crippen LogP contribution < -0.4 is 15.4 Å². The fourth-order valence-electron chi connectivity index (χ4n) is 1.83. The van der Waals surface area contributed by atoms with Crippen LogP contribution in [-0.4, -0.2) is 46.2 Å². The monoisotopic (exact) mass is 283 g/mol. The Balaban J connectivity index is 2.04. The molecule has 106 valence electrons. The highest BCUT2D eigenvalue weighted by Gasteiger charge is 2.16.